The molecule has 0 radical (unpaired) electrons. The summed E-state index contributed by atoms with van der Waals surface area (Å²) in [7, 11) is 0. The summed E-state index contributed by atoms with van der Waals surface area (Å²) < 4.78 is 1.46. The molecule has 3 aromatic rings. The average Bonchev–Trinajstić information content (AvgIpc) is 2.91. The predicted molar refractivity (Wildman–Crippen MR) is 71.3 cm³/mol. The first-order valence-corrected chi connectivity index (χ1v) is 5.82. The zero-order valence-electron chi connectivity index (χ0n) is 9.98. The number of hydrogen-bond donors (Lipinski definition) is 0. The van der Waals surface area contributed by atoms with Crippen LogP contribution >= 0.6 is 0 Å². The fraction of sp³-hybridized carbons (Fsp3) is 0. The Morgan fingerprint density at radius 1 is 1.11 bits per heavy atom. The van der Waals surface area contributed by atoms with Crippen LogP contribution in [0.5, 0.6) is 0 Å². The van der Waals surface area contributed by atoms with Crippen LogP contribution in [0.25, 0.3) is 11.0 Å². The van der Waals surface area contributed by atoms with Crippen LogP contribution in [0.3, 0.4) is 0 Å². The van der Waals surface area contributed by atoms with Gasteiger partial charge in [0.05, 0.1) is 11.0 Å². The van der Waals surface area contributed by atoms with E-state index in [0.717, 1.165) is 6.29 Å². The lowest BCUT2D eigenvalue weighted by molar-refractivity contribution is 0.0965. The molecule has 0 aliphatic carbocycles. The van der Waals surface area contributed by atoms with E-state index in [0.29, 0.717) is 22.2 Å². The van der Waals surface area contributed by atoms with Gasteiger partial charge in [0.2, 0.25) is 0 Å². The van der Waals surface area contributed by atoms with Gasteiger partial charge in [-0.2, -0.15) is 0 Å². The highest BCUT2D eigenvalue weighted by Crippen LogP contribution is 2.18. The molecule has 1 aromatic carbocycles. The molecule has 0 atom stereocenters. The third-order valence-electron chi connectivity index (χ3n) is 2.97. The van der Waals surface area contributed by atoms with E-state index in [4.69, 9.17) is 0 Å². The summed E-state index contributed by atoms with van der Waals surface area (Å²) in [5.41, 5.74) is 2.21. The molecule has 4 heteroatoms. The minimum absolute atomic E-state index is 0.174. The van der Waals surface area contributed by atoms with Crippen LogP contribution in [0, 0.1) is 0 Å². The predicted octanol–water partition coefficient (Wildman–Crippen LogP) is 2.54. The van der Waals surface area contributed by atoms with Crippen LogP contribution in [0.2, 0.25) is 0 Å². The Labute approximate surface area is 109 Å². The van der Waals surface area contributed by atoms with Crippen molar-refractivity contribution in [1.82, 2.24) is 9.55 Å². The number of aromatic nitrogens is 2. The first-order chi connectivity index (χ1) is 9.31. The van der Waals surface area contributed by atoms with Crippen molar-refractivity contribution in [2.45, 2.75) is 0 Å². The molecule has 3 rings (SSSR count). The van der Waals surface area contributed by atoms with Crippen molar-refractivity contribution < 1.29 is 9.59 Å². The van der Waals surface area contributed by atoms with E-state index >= 15 is 0 Å². The number of carbonyl (C=O) groups is 2. The summed E-state index contributed by atoms with van der Waals surface area (Å²) in [5, 5.41) is 0. The van der Waals surface area contributed by atoms with Gasteiger partial charge in [0, 0.05) is 23.5 Å². The fourth-order valence-corrected chi connectivity index (χ4v) is 2.07. The Bertz CT molecular complexity index is 760. The highest BCUT2D eigenvalue weighted by atomic mass is 16.2. The monoisotopic (exact) mass is 250 g/mol. The second-order valence-corrected chi connectivity index (χ2v) is 4.11. The van der Waals surface area contributed by atoms with Gasteiger partial charge in [0.15, 0.2) is 6.29 Å². The molecule has 0 fully saturated rings. The number of aldehydes is 1. The number of carbonyl (C=O) groups excluding carboxylic acids is 2. The maximum Gasteiger partial charge on any atom is 0.262 e. The van der Waals surface area contributed by atoms with E-state index in [-0.39, 0.29) is 5.91 Å². The van der Waals surface area contributed by atoms with Crippen molar-refractivity contribution >= 4 is 23.2 Å². The quantitative estimate of drug-likeness (QED) is 0.657. The molecule has 2 heterocycles. The standard InChI is InChI=1S/C15H10N2O2/c18-10-12-6-8-16-13-7-9-17(14(12)13)15(19)11-4-2-1-3-5-11/h1-10H. The lowest BCUT2D eigenvalue weighted by Gasteiger charge is -2.05. The lowest BCUT2D eigenvalue weighted by Crippen LogP contribution is -2.11. The molecule has 19 heavy (non-hydrogen) atoms. The van der Waals surface area contributed by atoms with Crippen molar-refractivity contribution in [2.24, 2.45) is 0 Å². The lowest BCUT2D eigenvalue weighted by atomic mass is 10.2. The smallest absolute Gasteiger partial charge is 0.262 e. The third-order valence-corrected chi connectivity index (χ3v) is 2.97. The molecule has 0 saturated carbocycles. The zero-order valence-corrected chi connectivity index (χ0v) is 9.98. The van der Waals surface area contributed by atoms with E-state index in [1.807, 2.05) is 6.07 Å². The minimum atomic E-state index is -0.174. The van der Waals surface area contributed by atoms with Crippen LogP contribution < -0.4 is 0 Å². The average molecular weight is 250 g/mol. The topological polar surface area (TPSA) is 52.0 Å². The molecule has 0 amide bonds. The van der Waals surface area contributed by atoms with Crippen molar-refractivity contribution in [2.75, 3.05) is 0 Å². The molecule has 0 unspecified atom stereocenters. The van der Waals surface area contributed by atoms with E-state index in [1.165, 1.54) is 4.57 Å². The molecular weight excluding hydrogens is 240 g/mol. The summed E-state index contributed by atoms with van der Waals surface area (Å²) >= 11 is 0. The normalized spacial score (nSPS) is 10.5. The molecule has 0 N–H and O–H groups in total. The largest absolute Gasteiger partial charge is 0.298 e. The number of nitrogens with zero attached hydrogens (tertiary/aromatic N) is 2. The van der Waals surface area contributed by atoms with Crippen LogP contribution in [0.15, 0.2) is 54.9 Å². The van der Waals surface area contributed by atoms with Gasteiger partial charge < -0.3 is 0 Å². The van der Waals surface area contributed by atoms with Gasteiger partial charge in [-0.05, 0) is 24.3 Å². The summed E-state index contributed by atoms with van der Waals surface area (Å²) in [6.07, 6.45) is 3.93. The van der Waals surface area contributed by atoms with Gasteiger partial charge >= 0.3 is 0 Å². The van der Waals surface area contributed by atoms with E-state index < -0.39 is 0 Å². The maximum atomic E-state index is 12.4. The van der Waals surface area contributed by atoms with E-state index in [9.17, 15) is 9.59 Å². The number of pyridine rings is 1. The van der Waals surface area contributed by atoms with Gasteiger partial charge in [0.1, 0.15) is 0 Å². The van der Waals surface area contributed by atoms with Crippen LogP contribution in [0.4, 0.5) is 0 Å². The second kappa shape index (κ2) is 4.49. The Morgan fingerprint density at radius 2 is 1.89 bits per heavy atom. The van der Waals surface area contributed by atoms with Gasteiger partial charge in [0.25, 0.3) is 5.91 Å². The molecule has 0 bridgehead atoms. The van der Waals surface area contributed by atoms with Crippen LogP contribution in [-0.2, 0) is 0 Å². The minimum Gasteiger partial charge on any atom is -0.298 e. The second-order valence-electron chi connectivity index (χ2n) is 4.11. The number of rotatable bonds is 2. The Balaban J connectivity index is 2.21. The van der Waals surface area contributed by atoms with Gasteiger partial charge in [-0.1, -0.05) is 18.2 Å². The maximum absolute atomic E-state index is 12.4. The molecular formula is C15H10N2O2. The number of hydrogen-bond acceptors (Lipinski definition) is 3. The van der Waals surface area contributed by atoms with Gasteiger partial charge in [-0.15, -0.1) is 0 Å². The Kier molecular flexibility index (Phi) is 2.68. The molecule has 0 saturated heterocycles. The van der Waals surface area contributed by atoms with E-state index in [2.05, 4.69) is 4.98 Å². The number of benzene rings is 1. The van der Waals surface area contributed by atoms with Crippen LogP contribution in [-0.4, -0.2) is 21.7 Å². The SMILES string of the molecule is O=Cc1ccnc2ccn(C(=O)c3ccccc3)c12. The summed E-state index contributed by atoms with van der Waals surface area (Å²) in [5.74, 6) is -0.174. The molecule has 2 aromatic heterocycles. The van der Waals surface area contributed by atoms with Crippen LogP contribution in [0.1, 0.15) is 20.7 Å². The van der Waals surface area contributed by atoms with Crippen molar-refractivity contribution in [3.8, 4) is 0 Å². The highest BCUT2D eigenvalue weighted by Gasteiger charge is 2.14. The number of fused-ring (bicyclic) bond motifs is 1. The first kappa shape index (κ1) is 11.3. The van der Waals surface area contributed by atoms with Crippen molar-refractivity contribution in [1.29, 1.82) is 0 Å². The summed E-state index contributed by atoms with van der Waals surface area (Å²) in [6.45, 7) is 0. The zero-order chi connectivity index (χ0) is 13.2. The first-order valence-electron chi connectivity index (χ1n) is 5.82. The Hall–Kier alpha value is -2.75. The van der Waals surface area contributed by atoms with Crippen molar-refractivity contribution in [3.05, 3.63) is 66.0 Å². The summed E-state index contributed by atoms with van der Waals surface area (Å²) in [4.78, 5) is 27.6. The van der Waals surface area contributed by atoms with Crippen molar-refractivity contribution in [3.63, 3.8) is 0 Å². The van der Waals surface area contributed by atoms with Gasteiger partial charge in [-0.3, -0.25) is 19.1 Å². The fourth-order valence-electron chi connectivity index (χ4n) is 2.07. The molecule has 0 aliphatic rings. The molecule has 4 nitrogen and oxygen atoms in total. The third kappa shape index (κ3) is 1.83. The highest BCUT2D eigenvalue weighted by molar-refractivity contribution is 6.05. The van der Waals surface area contributed by atoms with Gasteiger partial charge in [-0.25, -0.2) is 0 Å². The molecule has 0 aliphatic heterocycles. The molecule has 92 valence electrons. The molecule has 0 spiro atoms. The summed E-state index contributed by atoms with van der Waals surface area (Å²) in [6, 6.07) is 12.3. The van der Waals surface area contributed by atoms with E-state index in [1.54, 1.807) is 48.8 Å². The Morgan fingerprint density at radius 3 is 2.63 bits per heavy atom.